The van der Waals surface area contributed by atoms with Crippen molar-refractivity contribution in [3.63, 3.8) is 0 Å². The van der Waals surface area contributed by atoms with Crippen LogP contribution in [0.2, 0.25) is 0 Å². The average molecular weight is 512 g/mol. The van der Waals surface area contributed by atoms with Crippen LogP contribution >= 0.6 is 0 Å². The molecule has 0 saturated heterocycles. The Morgan fingerprint density at radius 1 is 0.811 bits per heavy atom. The Hall–Kier alpha value is -2.56. The molecule has 1 N–H and O–H groups in total. The van der Waals surface area contributed by atoms with Crippen LogP contribution in [0.15, 0.2) is 42.7 Å². The van der Waals surface area contributed by atoms with Gasteiger partial charge in [0.25, 0.3) is 5.91 Å². The lowest BCUT2D eigenvalue weighted by molar-refractivity contribution is -0.694. The second-order valence-corrected chi connectivity index (χ2v) is 10.0. The smallest absolute Gasteiger partial charge is 0.251 e. The molecule has 37 heavy (non-hydrogen) atoms. The topological polar surface area (TPSA) is 51.4 Å². The highest BCUT2D eigenvalue weighted by atomic mass is 16.5. The average Bonchev–Trinajstić information content (AvgIpc) is 2.93. The van der Waals surface area contributed by atoms with Gasteiger partial charge in [-0.25, -0.2) is 4.57 Å². The van der Waals surface area contributed by atoms with E-state index in [4.69, 9.17) is 9.47 Å². The number of amides is 1. The van der Waals surface area contributed by atoms with Crippen molar-refractivity contribution in [2.75, 3.05) is 13.7 Å². The number of hydrogen-bond donors (Lipinski definition) is 1. The van der Waals surface area contributed by atoms with Crippen LogP contribution in [0.4, 0.5) is 0 Å². The van der Waals surface area contributed by atoms with Gasteiger partial charge >= 0.3 is 0 Å². The van der Waals surface area contributed by atoms with Crippen molar-refractivity contribution in [2.24, 2.45) is 0 Å². The largest absolute Gasteiger partial charge is 0.493 e. The van der Waals surface area contributed by atoms with Crippen LogP contribution in [-0.2, 0) is 13.1 Å². The zero-order valence-corrected chi connectivity index (χ0v) is 23.7. The van der Waals surface area contributed by atoms with Gasteiger partial charge in [0, 0.05) is 23.7 Å². The van der Waals surface area contributed by atoms with Gasteiger partial charge in [-0.05, 0) is 37.6 Å². The highest BCUT2D eigenvalue weighted by Crippen LogP contribution is 2.28. The molecular formula is C32H51N2O3+. The van der Waals surface area contributed by atoms with Crippen molar-refractivity contribution in [1.29, 1.82) is 0 Å². The lowest BCUT2D eigenvalue weighted by Gasteiger charge is -2.12. The van der Waals surface area contributed by atoms with Gasteiger partial charge < -0.3 is 14.8 Å². The van der Waals surface area contributed by atoms with E-state index in [-0.39, 0.29) is 5.91 Å². The molecule has 0 bridgehead atoms. The molecule has 0 fully saturated rings. The molecule has 1 heterocycles. The molecule has 206 valence electrons. The van der Waals surface area contributed by atoms with Gasteiger partial charge in [-0.15, -0.1) is 0 Å². The van der Waals surface area contributed by atoms with E-state index in [0.29, 0.717) is 30.2 Å². The highest BCUT2D eigenvalue weighted by molar-refractivity contribution is 5.94. The van der Waals surface area contributed by atoms with E-state index >= 15 is 0 Å². The maximum atomic E-state index is 12.6. The molecule has 0 saturated carbocycles. The second kappa shape index (κ2) is 19.5. The van der Waals surface area contributed by atoms with Gasteiger partial charge in [0.05, 0.1) is 13.7 Å². The summed E-state index contributed by atoms with van der Waals surface area (Å²) in [5, 5.41) is 2.99. The molecule has 0 aliphatic carbocycles. The minimum atomic E-state index is -0.122. The first kappa shape index (κ1) is 30.7. The lowest BCUT2D eigenvalue weighted by Crippen LogP contribution is -2.32. The van der Waals surface area contributed by atoms with Crippen LogP contribution in [0, 0.1) is 0 Å². The first-order chi connectivity index (χ1) is 18.2. The Kier molecular flexibility index (Phi) is 16.2. The third-order valence-corrected chi connectivity index (χ3v) is 6.92. The van der Waals surface area contributed by atoms with Gasteiger partial charge in [-0.3, -0.25) is 4.79 Å². The summed E-state index contributed by atoms with van der Waals surface area (Å²) in [6, 6.07) is 9.41. The molecule has 5 heteroatoms. The molecule has 1 aromatic heterocycles. The van der Waals surface area contributed by atoms with E-state index in [0.717, 1.165) is 18.5 Å². The van der Waals surface area contributed by atoms with Crippen LogP contribution in [-0.4, -0.2) is 19.6 Å². The van der Waals surface area contributed by atoms with Gasteiger partial charge in [-0.2, -0.15) is 0 Å². The van der Waals surface area contributed by atoms with E-state index in [2.05, 4.69) is 29.9 Å². The molecule has 0 aliphatic heterocycles. The normalized spacial score (nSPS) is 10.9. The van der Waals surface area contributed by atoms with Crippen LogP contribution in [0.1, 0.15) is 120 Å². The maximum absolute atomic E-state index is 12.6. The molecule has 0 spiro atoms. The monoisotopic (exact) mass is 511 g/mol. The minimum Gasteiger partial charge on any atom is -0.493 e. The van der Waals surface area contributed by atoms with Gasteiger partial charge in [-0.1, -0.05) is 90.4 Å². The van der Waals surface area contributed by atoms with E-state index in [1.807, 2.05) is 24.4 Å². The first-order valence-electron chi connectivity index (χ1n) is 14.7. The number of pyridine rings is 1. The van der Waals surface area contributed by atoms with Crippen molar-refractivity contribution in [3.05, 3.63) is 53.9 Å². The van der Waals surface area contributed by atoms with Crippen molar-refractivity contribution in [2.45, 2.75) is 117 Å². The Morgan fingerprint density at radius 3 is 2.03 bits per heavy atom. The number of aromatic nitrogens is 1. The van der Waals surface area contributed by atoms with Crippen LogP contribution in [0.3, 0.4) is 0 Å². The number of carbonyl (C=O) groups is 1. The number of hydrogen-bond acceptors (Lipinski definition) is 3. The van der Waals surface area contributed by atoms with E-state index in [9.17, 15) is 4.79 Å². The molecule has 5 nitrogen and oxygen atoms in total. The van der Waals surface area contributed by atoms with Gasteiger partial charge in [0.1, 0.15) is 6.54 Å². The summed E-state index contributed by atoms with van der Waals surface area (Å²) in [5.74, 6) is 1.17. The molecule has 1 amide bonds. The highest BCUT2D eigenvalue weighted by Gasteiger charge is 2.12. The summed E-state index contributed by atoms with van der Waals surface area (Å²) < 4.78 is 13.6. The standard InChI is InChI=1S/C32H50N2O3/c1-4-6-7-8-9-10-11-12-13-14-15-16-17-18-24-37-30-22-21-29(25-31(30)36-3)32(35)33-26-28-20-19-23-34(5-2)27-28/h19-23,25,27H,4-18,24,26H2,1-3H3/p+1. The first-order valence-corrected chi connectivity index (χ1v) is 14.7. The fraction of sp³-hybridized carbons (Fsp3) is 0.625. The summed E-state index contributed by atoms with van der Waals surface area (Å²) >= 11 is 0. The van der Waals surface area contributed by atoms with E-state index in [1.54, 1.807) is 19.2 Å². The zero-order chi connectivity index (χ0) is 26.6. The Balaban J connectivity index is 1.57. The third-order valence-electron chi connectivity index (χ3n) is 6.92. The molecule has 0 radical (unpaired) electrons. The minimum absolute atomic E-state index is 0.122. The van der Waals surface area contributed by atoms with Crippen molar-refractivity contribution >= 4 is 5.91 Å². The number of benzene rings is 1. The molecule has 2 rings (SSSR count). The molecule has 2 aromatic rings. The predicted molar refractivity (Wildman–Crippen MR) is 152 cm³/mol. The van der Waals surface area contributed by atoms with Crippen LogP contribution in [0.25, 0.3) is 0 Å². The summed E-state index contributed by atoms with van der Waals surface area (Å²) in [6.07, 6.45) is 22.9. The molecule has 0 unspecified atom stereocenters. The molecule has 0 aliphatic rings. The summed E-state index contributed by atoms with van der Waals surface area (Å²) in [7, 11) is 1.61. The predicted octanol–water partition coefficient (Wildman–Crippen LogP) is 7.79. The number of nitrogens with one attached hydrogen (secondary N) is 1. The van der Waals surface area contributed by atoms with E-state index < -0.39 is 0 Å². The summed E-state index contributed by atoms with van der Waals surface area (Å²) in [6.45, 7) is 6.43. The van der Waals surface area contributed by atoms with Gasteiger partial charge in [0.15, 0.2) is 23.9 Å². The lowest BCUT2D eigenvalue weighted by atomic mass is 10.0. The summed E-state index contributed by atoms with van der Waals surface area (Å²) in [4.78, 5) is 12.6. The number of carbonyl (C=O) groups excluding carboxylic acids is 1. The SMILES string of the molecule is CCCCCCCCCCCCCCCCOc1ccc(C(=O)NCc2ccc[n+](CC)c2)cc1OC. The number of methoxy groups -OCH3 is 1. The molecule has 1 aromatic carbocycles. The van der Waals surface area contributed by atoms with E-state index in [1.165, 1.54) is 83.5 Å². The van der Waals surface area contributed by atoms with Gasteiger partial charge in [0.2, 0.25) is 0 Å². The maximum Gasteiger partial charge on any atom is 0.251 e. The molecule has 0 atom stereocenters. The number of rotatable bonds is 21. The summed E-state index contributed by atoms with van der Waals surface area (Å²) in [5.41, 5.74) is 1.64. The van der Waals surface area contributed by atoms with Crippen molar-refractivity contribution in [1.82, 2.24) is 5.32 Å². The van der Waals surface area contributed by atoms with Crippen molar-refractivity contribution in [3.8, 4) is 11.5 Å². The third kappa shape index (κ3) is 13.0. The Morgan fingerprint density at radius 2 is 1.43 bits per heavy atom. The fourth-order valence-electron chi connectivity index (χ4n) is 4.57. The molecular weight excluding hydrogens is 460 g/mol. The number of nitrogens with zero attached hydrogens (tertiary/aromatic N) is 1. The zero-order valence-electron chi connectivity index (χ0n) is 23.7. The number of unbranched alkanes of at least 4 members (excludes halogenated alkanes) is 13. The Bertz CT molecular complexity index is 884. The van der Waals surface area contributed by atoms with Crippen LogP contribution < -0.4 is 19.4 Å². The van der Waals surface area contributed by atoms with Crippen LogP contribution in [0.5, 0.6) is 11.5 Å². The number of ether oxygens (including phenoxy) is 2. The number of aryl methyl sites for hydroxylation is 1. The quantitative estimate of drug-likeness (QED) is 0.137. The second-order valence-electron chi connectivity index (χ2n) is 10.0. The Labute approximate surface area is 226 Å². The fourth-order valence-corrected chi connectivity index (χ4v) is 4.57. The van der Waals surface area contributed by atoms with Crippen molar-refractivity contribution < 1.29 is 18.8 Å².